The molecule has 0 saturated heterocycles. The van der Waals surface area contributed by atoms with Gasteiger partial charge < -0.3 is 10.5 Å². The fourth-order valence-corrected chi connectivity index (χ4v) is 0.654. The average Bonchev–Trinajstić information content (AvgIpc) is 2.04. The predicted octanol–water partition coefficient (Wildman–Crippen LogP) is 0.710. The number of nitrogen functional groups attached to an aromatic ring is 1. The molecular weight excluding hydrogens is 142 g/mol. The molecule has 1 aromatic rings. The van der Waals surface area contributed by atoms with Crippen LogP contribution in [-0.2, 0) is 0 Å². The monoisotopic (exact) mass is 151 g/mol. The summed E-state index contributed by atoms with van der Waals surface area (Å²) in [5.74, 6) is 1.32. The first-order valence-corrected chi connectivity index (χ1v) is 3.07. The Balaban J connectivity index is 3.09. The second kappa shape index (κ2) is 3.01. The first-order valence-electron chi connectivity index (χ1n) is 3.07. The molecule has 11 heavy (non-hydrogen) atoms. The molecule has 0 aliphatic heterocycles. The van der Waals surface area contributed by atoms with Crippen LogP contribution in [0.25, 0.3) is 6.08 Å². The zero-order valence-electron chi connectivity index (χ0n) is 6.24. The van der Waals surface area contributed by atoms with Crippen molar-refractivity contribution in [3.63, 3.8) is 0 Å². The summed E-state index contributed by atoms with van der Waals surface area (Å²) in [5.41, 5.74) is 5.48. The van der Waals surface area contributed by atoms with E-state index in [1.54, 1.807) is 0 Å². The van der Waals surface area contributed by atoms with Crippen LogP contribution in [0.5, 0.6) is 5.75 Å². The minimum absolute atomic E-state index is 0.331. The Kier molecular flexibility index (Phi) is 2.06. The summed E-state index contributed by atoms with van der Waals surface area (Å²) in [6.07, 6.45) is 3.04. The van der Waals surface area contributed by atoms with Gasteiger partial charge in [-0.3, -0.25) is 0 Å². The largest absolute Gasteiger partial charge is 0.491 e. The normalized spacial score (nSPS) is 9.18. The maximum atomic E-state index is 5.48. The number of hydrogen-bond acceptors (Lipinski definition) is 4. The molecule has 0 atom stereocenters. The van der Waals surface area contributed by atoms with E-state index in [4.69, 9.17) is 10.5 Å². The molecule has 4 heteroatoms. The average molecular weight is 151 g/mol. The maximum Gasteiger partial charge on any atom is 0.179 e. The van der Waals surface area contributed by atoms with E-state index in [9.17, 15) is 0 Å². The van der Waals surface area contributed by atoms with Crippen molar-refractivity contribution in [3.05, 3.63) is 18.6 Å². The SMILES string of the molecule is C=Cc1ncc(OC)c(N)n1. The van der Waals surface area contributed by atoms with Crippen molar-refractivity contribution in [1.29, 1.82) is 0 Å². The highest BCUT2D eigenvalue weighted by molar-refractivity contribution is 5.48. The van der Waals surface area contributed by atoms with Crippen LogP contribution < -0.4 is 10.5 Å². The number of rotatable bonds is 2. The Bertz CT molecular complexity index is 272. The third-order valence-electron chi connectivity index (χ3n) is 1.20. The quantitative estimate of drug-likeness (QED) is 0.676. The van der Waals surface area contributed by atoms with Crippen LogP contribution in [0.4, 0.5) is 5.82 Å². The molecule has 0 unspecified atom stereocenters. The molecule has 0 bridgehead atoms. The van der Waals surface area contributed by atoms with Crippen molar-refractivity contribution >= 4 is 11.9 Å². The van der Waals surface area contributed by atoms with Gasteiger partial charge >= 0.3 is 0 Å². The first kappa shape index (κ1) is 7.53. The van der Waals surface area contributed by atoms with Crippen LogP contribution in [0.1, 0.15) is 5.82 Å². The molecule has 0 aliphatic rings. The van der Waals surface area contributed by atoms with Gasteiger partial charge in [0.05, 0.1) is 13.3 Å². The van der Waals surface area contributed by atoms with E-state index >= 15 is 0 Å². The van der Waals surface area contributed by atoms with Gasteiger partial charge in [0.1, 0.15) is 0 Å². The lowest BCUT2D eigenvalue weighted by molar-refractivity contribution is 0.413. The van der Waals surface area contributed by atoms with Gasteiger partial charge in [0.2, 0.25) is 0 Å². The lowest BCUT2D eigenvalue weighted by Gasteiger charge is -2.01. The first-order chi connectivity index (χ1) is 5.27. The minimum atomic E-state index is 0.331. The number of anilines is 1. The molecule has 1 aromatic heterocycles. The number of methoxy groups -OCH3 is 1. The highest BCUT2D eigenvalue weighted by Crippen LogP contribution is 2.15. The lowest BCUT2D eigenvalue weighted by atomic mass is 10.5. The number of nitrogens with zero attached hydrogens (tertiary/aromatic N) is 2. The summed E-state index contributed by atoms with van der Waals surface area (Å²) in [6.45, 7) is 3.51. The molecular formula is C7H9N3O. The Labute approximate surface area is 64.7 Å². The molecule has 58 valence electrons. The Morgan fingerprint density at radius 1 is 1.73 bits per heavy atom. The third-order valence-corrected chi connectivity index (χ3v) is 1.20. The van der Waals surface area contributed by atoms with E-state index in [2.05, 4.69) is 16.5 Å². The molecule has 0 saturated carbocycles. The van der Waals surface area contributed by atoms with Gasteiger partial charge in [-0.15, -0.1) is 0 Å². The molecule has 0 aliphatic carbocycles. The molecule has 0 spiro atoms. The van der Waals surface area contributed by atoms with Crippen molar-refractivity contribution in [1.82, 2.24) is 9.97 Å². The summed E-state index contributed by atoms with van der Waals surface area (Å²) in [4.78, 5) is 7.78. The fraction of sp³-hybridized carbons (Fsp3) is 0.143. The van der Waals surface area contributed by atoms with Gasteiger partial charge in [0.15, 0.2) is 17.4 Å². The molecule has 0 radical (unpaired) electrons. The van der Waals surface area contributed by atoms with Crippen molar-refractivity contribution < 1.29 is 4.74 Å². The van der Waals surface area contributed by atoms with Gasteiger partial charge in [0, 0.05) is 0 Å². The smallest absolute Gasteiger partial charge is 0.179 e. The molecule has 4 nitrogen and oxygen atoms in total. The Morgan fingerprint density at radius 2 is 2.45 bits per heavy atom. The van der Waals surface area contributed by atoms with Crippen molar-refractivity contribution in [2.45, 2.75) is 0 Å². The molecule has 1 heterocycles. The van der Waals surface area contributed by atoms with E-state index in [1.165, 1.54) is 19.4 Å². The summed E-state index contributed by atoms with van der Waals surface area (Å²) in [5, 5.41) is 0. The molecule has 0 aromatic carbocycles. The number of ether oxygens (including phenoxy) is 1. The number of nitrogens with two attached hydrogens (primary N) is 1. The summed E-state index contributed by atoms with van der Waals surface area (Å²) in [6, 6.07) is 0. The maximum absolute atomic E-state index is 5.48. The van der Waals surface area contributed by atoms with Crippen LogP contribution in [-0.4, -0.2) is 17.1 Å². The van der Waals surface area contributed by atoms with E-state index in [0.717, 1.165) is 0 Å². The molecule has 0 fully saturated rings. The van der Waals surface area contributed by atoms with Gasteiger partial charge in [0.25, 0.3) is 0 Å². The topological polar surface area (TPSA) is 61.0 Å². The van der Waals surface area contributed by atoms with E-state index in [-0.39, 0.29) is 0 Å². The van der Waals surface area contributed by atoms with Crippen molar-refractivity contribution in [2.24, 2.45) is 0 Å². The van der Waals surface area contributed by atoms with Gasteiger partial charge in [-0.25, -0.2) is 9.97 Å². The summed E-state index contributed by atoms with van der Waals surface area (Å²) >= 11 is 0. The minimum Gasteiger partial charge on any atom is -0.491 e. The van der Waals surface area contributed by atoms with Gasteiger partial charge in [-0.2, -0.15) is 0 Å². The third kappa shape index (κ3) is 1.46. The van der Waals surface area contributed by atoms with Crippen LogP contribution in [0.2, 0.25) is 0 Å². The van der Waals surface area contributed by atoms with Crippen LogP contribution >= 0.6 is 0 Å². The highest BCUT2D eigenvalue weighted by atomic mass is 16.5. The molecule has 0 amide bonds. The standard InChI is InChI=1S/C7H9N3O/c1-3-6-9-4-5(11-2)7(8)10-6/h3-4H,1H2,2H3,(H2,8,9,10). The van der Waals surface area contributed by atoms with Gasteiger partial charge in [-0.1, -0.05) is 6.58 Å². The Hall–Kier alpha value is -1.58. The van der Waals surface area contributed by atoms with Crippen LogP contribution in [0.3, 0.4) is 0 Å². The number of hydrogen-bond donors (Lipinski definition) is 1. The zero-order chi connectivity index (χ0) is 8.27. The van der Waals surface area contributed by atoms with Crippen molar-refractivity contribution in [3.8, 4) is 5.75 Å². The second-order valence-electron chi connectivity index (χ2n) is 1.89. The van der Waals surface area contributed by atoms with E-state index < -0.39 is 0 Å². The molecule has 2 N–H and O–H groups in total. The number of aromatic nitrogens is 2. The summed E-state index contributed by atoms with van der Waals surface area (Å²) in [7, 11) is 1.52. The van der Waals surface area contributed by atoms with E-state index in [0.29, 0.717) is 17.4 Å². The van der Waals surface area contributed by atoms with Crippen LogP contribution in [0, 0.1) is 0 Å². The second-order valence-corrected chi connectivity index (χ2v) is 1.89. The fourth-order valence-electron chi connectivity index (χ4n) is 0.654. The highest BCUT2D eigenvalue weighted by Gasteiger charge is 1.99. The summed E-state index contributed by atoms with van der Waals surface area (Å²) < 4.78 is 4.86. The van der Waals surface area contributed by atoms with Crippen LogP contribution in [0.15, 0.2) is 12.8 Å². The van der Waals surface area contributed by atoms with Gasteiger partial charge in [-0.05, 0) is 6.08 Å². The lowest BCUT2D eigenvalue weighted by Crippen LogP contribution is -1.98. The Morgan fingerprint density at radius 3 is 2.91 bits per heavy atom. The zero-order valence-corrected chi connectivity index (χ0v) is 6.24. The van der Waals surface area contributed by atoms with Crippen molar-refractivity contribution in [2.75, 3.05) is 12.8 Å². The van der Waals surface area contributed by atoms with E-state index in [1.807, 2.05) is 0 Å². The molecule has 1 rings (SSSR count). The predicted molar refractivity (Wildman–Crippen MR) is 43.1 cm³/mol.